The second-order valence-electron chi connectivity index (χ2n) is 13.5. The number of anilines is 2. The second kappa shape index (κ2) is 13.2. The van der Waals surface area contributed by atoms with E-state index in [0.29, 0.717) is 62.3 Å². The van der Waals surface area contributed by atoms with Crippen molar-refractivity contribution in [3.63, 3.8) is 0 Å². The summed E-state index contributed by atoms with van der Waals surface area (Å²) >= 11 is 7.99. The van der Waals surface area contributed by atoms with Gasteiger partial charge in [-0.05, 0) is 74.2 Å². The van der Waals surface area contributed by atoms with Crippen molar-refractivity contribution in [3.8, 4) is 0 Å². The highest BCUT2D eigenvalue weighted by molar-refractivity contribution is 7.08. The molecule has 1 aromatic carbocycles. The molecular formula is C33H44ClN7O4S. The van der Waals surface area contributed by atoms with E-state index in [0.717, 1.165) is 47.9 Å². The Morgan fingerprint density at radius 1 is 1.02 bits per heavy atom. The third-order valence-electron chi connectivity index (χ3n) is 10.8. The average Bonchev–Trinajstić information content (AvgIpc) is 3.54. The Labute approximate surface area is 279 Å². The lowest BCUT2D eigenvalue weighted by Gasteiger charge is -2.51. The van der Waals surface area contributed by atoms with E-state index in [1.165, 1.54) is 25.9 Å². The summed E-state index contributed by atoms with van der Waals surface area (Å²) in [6.45, 7) is 9.82. The van der Waals surface area contributed by atoms with Crippen LogP contribution in [0.2, 0.25) is 5.02 Å². The summed E-state index contributed by atoms with van der Waals surface area (Å²) in [5.41, 5.74) is 10.2. The highest BCUT2D eigenvalue weighted by atomic mass is 35.5. The first kappa shape index (κ1) is 31.5. The molecule has 5 saturated heterocycles. The molecule has 0 spiro atoms. The van der Waals surface area contributed by atoms with Crippen molar-refractivity contribution in [2.45, 2.75) is 63.8 Å². The van der Waals surface area contributed by atoms with Crippen LogP contribution in [0.4, 0.5) is 21.0 Å². The number of piperidine rings is 4. The molecule has 1 aromatic heterocycles. The number of hydrogen-bond donors (Lipinski definition) is 2. The summed E-state index contributed by atoms with van der Waals surface area (Å²) in [4.78, 5) is 50.9. The van der Waals surface area contributed by atoms with Crippen LogP contribution >= 0.6 is 22.9 Å². The smallest absolute Gasteiger partial charge is 0.410 e. The van der Waals surface area contributed by atoms with Gasteiger partial charge in [-0.3, -0.25) is 9.69 Å². The van der Waals surface area contributed by atoms with Crippen LogP contribution in [0.5, 0.6) is 0 Å². The number of piperazine rings is 1. The summed E-state index contributed by atoms with van der Waals surface area (Å²) in [5.74, 6) is 0.583. The molecule has 2 atom stereocenters. The number of carbonyl (C=O) groups excluding carboxylic acids is 3. The average molecular weight is 670 g/mol. The maximum absolute atomic E-state index is 14.0. The number of fused-ring (bicyclic) bond motifs is 4. The fourth-order valence-corrected chi connectivity index (χ4v) is 9.08. The number of hydrogen-bond acceptors (Lipinski definition) is 8. The number of nitrogens with zero attached hydrogens (tertiary/aromatic N) is 5. The number of benzene rings is 1. The lowest BCUT2D eigenvalue weighted by Crippen LogP contribution is -2.62. The van der Waals surface area contributed by atoms with Crippen LogP contribution in [-0.4, -0.2) is 120 Å². The van der Waals surface area contributed by atoms with E-state index in [-0.39, 0.29) is 24.4 Å². The number of halogens is 1. The summed E-state index contributed by atoms with van der Waals surface area (Å²) in [6.07, 6.45) is 2.58. The minimum Gasteiger partial charge on any atom is -0.436 e. The molecule has 0 saturated carbocycles. The Morgan fingerprint density at radius 3 is 2.43 bits per heavy atom. The van der Waals surface area contributed by atoms with E-state index in [1.807, 2.05) is 28.2 Å². The lowest BCUT2D eigenvalue weighted by molar-refractivity contribution is -0.143. The topological polar surface area (TPSA) is 115 Å². The first-order chi connectivity index (χ1) is 22.2. The molecule has 7 heterocycles. The van der Waals surface area contributed by atoms with Crippen LogP contribution in [0.3, 0.4) is 0 Å². The van der Waals surface area contributed by atoms with Crippen LogP contribution < -0.4 is 11.1 Å². The molecule has 6 aliphatic rings. The van der Waals surface area contributed by atoms with Gasteiger partial charge in [0.25, 0.3) is 5.91 Å². The third kappa shape index (κ3) is 6.41. The van der Waals surface area contributed by atoms with E-state index < -0.39 is 12.2 Å². The number of thiophene rings is 1. The first-order valence-electron chi connectivity index (χ1n) is 16.6. The minimum absolute atomic E-state index is 0.0295. The molecule has 11 nitrogen and oxygen atoms in total. The molecule has 2 aromatic rings. The fourth-order valence-electron chi connectivity index (χ4n) is 8.01. The highest BCUT2D eigenvalue weighted by Gasteiger charge is 2.40. The van der Waals surface area contributed by atoms with Gasteiger partial charge >= 0.3 is 12.1 Å². The molecular weight excluding hydrogens is 626 g/mol. The number of ether oxygens (including phenoxy) is 1. The number of rotatable bonds is 6. The number of carbonyl (C=O) groups is 3. The van der Waals surface area contributed by atoms with Crippen LogP contribution in [-0.2, 0) is 22.5 Å². The van der Waals surface area contributed by atoms with Crippen molar-refractivity contribution in [3.05, 3.63) is 44.6 Å². The Kier molecular flexibility index (Phi) is 9.06. The van der Waals surface area contributed by atoms with Crippen molar-refractivity contribution >= 4 is 52.3 Å². The van der Waals surface area contributed by atoms with Gasteiger partial charge in [-0.2, -0.15) is 0 Å². The number of likely N-dealkylation sites (tertiary alicyclic amines) is 1. The van der Waals surface area contributed by atoms with Gasteiger partial charge in [-0.1, -0.05) is 17.7 Å². The normalized spacial score (nSPS) is 26.1. The second-order valence-corrected chi connectivity index (χ2v) is 14.7. The summed E-state index contributed by atoms with van der Waals surface area (Å²) in [6, 6.07) is 4.18. The van der Waals surface area contributed by atoms with E-state index in [9.17, 15) is 14.4 Å². The molecule has 8 rings (SSSR count). The van der Waals surface area contributed by atoms with Gasteiger partial charge in [0.15, 0.2) is 6.10 Å². The number of amides is 4. The molecule has 3 N–H and O–H groups in total. The SMILES string of the molecule is Cc1cc(C[C@@H](OC(=O)N2CCC(N3Cc4cscc4NC3=O)CC2)C(=O)N2CCN(C3CN4CCC3CC4)CC2)cc(Cl)c1N. The monoisotopic (exact) mass is 669 g/mol. The highest BCUT2D eigenvalue weighted by Crippen LogP contribution is 2.33. The molecule has 13 heteroatoms. The van der Waals surface area contributed by atoms with E-state index in [2.05, 4.69) is 20.5 Å². The van der Waals surface area contributed by atoms with Gasteiger partial charge in [0.2, 0.25) is 0 Å². The van der Waals surface area contributed by atoms with Gasteiger partial charge in [0, 0.05) is 75.3 Å². The largest absolute Gasteiger partial charge is 0.436 e. The number of urea groups is 1. The molecule has 46 heavy (non-hydrogen) atoms. The quantitative estimate of drug-likeness (QED) is 0.446. The molecule has 1 unspecified atom stereocenters. The Hall–Kier alpha value is -3.06. The van der Waals surface area contributed by atoms with Crippen LogP contribution in [0.15, 0.2) is 22.9 Å². The van der Waals surface area contributed by atoms with Gasteiger partial charge in [0.05, 0.1) is 22.9 Å². The van der Waals surface area contributed by atoms with E-state index in [4.69, 9.17) is 22.1 Å². The molecule has 248 valence electrons. The van der Waals surface area contributed by atoms with Crippen molar-refractivity contribution in [1.82, 2.24) is 24.5 Å². The third-order valence-corrected chi connectivity index (χ3v) is 11.9. The molecule has 0 radical (unpaired) electrons. The fraction of sp³-hybridized carbons (Fsp3) is 0.606. The van der Waals surface area contributed by atoms with Gasteiger partial charge in [0.1, 0.15) is 0 Å². The molecule has 4 amide bonds. The standard InChI is InChI=1S/C33H44ClN7O4S/c1-21-14-22(15-26(34)30(21)35)16-29(31(42)39-12-10-38(11-13-39)28-18-37-6-2-23(28)3-7-37)45-33(44)40-8-4-25(5-9-40)41-17-24-19-46-20-27(24)36-32(41)43/h14-15,19-20,23,25,28-29H,2-13,16-18,35H2,1H3,(H,36,43)/t28?,29-/m1/s1. The maximum Gasteiger partial charge on any atom is 0.410 e. The predicted octanol–water partition coefficient (Wildman–Crippen LogP) is 4.09. The number of nitrogens with one attached hydrogen (secondary N) is 1. The van der Waals surface area contributed by atoms with Gasteiger partial charge in [-0.15, -0.1) is 11.3 Å². The number of aryl methyl sites for hydroxylation is 1. The lowest BCUT2D eigenvalue weighted by atomic mass is 9.83. The summed E-state index contributed by atoms with van der Waals surface area (Å²) in [7, 11) is 0. The zero-order valence-electron chi connectivity index (χ0n) is 26.5. The zero-order valence-corrected chi connectivity index (χ0v) is 28.0. The minimum atomic E-state index is -0.974. The van der Waals surface area contributed by atoms with Crippen LogP contribution in [0.25, 0.3) is 0 Å². The van der Waals surface area contributed by atoms with Crippen molar-refractivity contribution in [1.29, 1.82) is 0 Å². The Bertz CT molecular complexity index is 1440. The predicted molar refractivity (Wildman–Crippen MR) is 179 cm³/mol. The summed E-state index contributed by atoms with van der Waals surface area (Å²) in [5, 5.41) is 7.43. The molecule has 6 aliphatic heterocycles. The van der Waals surface area contributed by atoms with Crippen molar-refractivity contribution < 1.29 is 19.1 Å². The molecule has 2 bridgehead atoms. The van der Waals surface area contributed by atoms with E-state index in [1.54, 1.807) is 22.3 Å². The Morgan fingerprint density at radius 2 is 1.76 bits per heavy atom. The summed E-state index contributed by atoms with van der Waals surface area (Å²) < 4.78 is 6.05. The van der Waals surface area contributed by atoms with Gasteiger partial charge in [-0.25, -0.2) is 9.59 Å². The molecule has 0 aliphatic carbocycles. The zero-order chi connectivity index (χ0) is 31.9. The Balaban J connectivity index is 0.994. The maximum atomic E-state index is 14.0. The molecule has 5 fully saturated rings. The number of nitrogen functional groups attached to an aromatic ring is 1. The number of nitrogens with two attached hydrogens (primary N) is 1. The van der Waals surface area contributed by atoms with Crippen LogP contribution in [0.1, 0.15) is 42.4 Å². The van der Waals surface area contributed by atoms with E-state index >= 15 is 0 Å². The van der Waals surface area contributed by atoms with Crippen molar-refractivity contribution in [2.75, 3.05) is 70.0 Å². The first-order valence-corrected chi connectivity index (χ1v) is 17.9. The van der Waals surface area contributed by atoms with Gasteiger partial charge < -0.3 is 35.4 Å². The van der Waals surface area contributed by atoms with Crippen molar-refractivity contribution in [2.24, 2.45) is 5.92 Å². The van der Waals surface area contributed by atoms with Crippen LogP contribution in [0, 0.1) is 12.8 Å².